The molecule has 0 saturated heterocycles. The molecule has 0 aliphatic carbocycles. The molecule has 0 nitrogen and oxygen atoms in total. The fourth-order valence-electron chi connectivity index (χ4n) is 1.48. The van der Waals surface area contributed by atoms with Crippen molar-refractivity contribution in [3.63, 3.8) is 0 Å². The van der Waals surface area contributed by atoms with Gasteiger partial charge in [0.2, 0.25) is 0 Å². The molecule has 0 fully saturated rings. The van der Waals surface area contributed by atoms with Crippen LogP contribution in [0.1, 0.15) is 58.3 Å². The summed E-state index contributed by atoms with van der Waals surface area (Å²) in [5.41, 5.74) is 0. The van der Waals surface area contributed by atoms with Crippen LogP contribution in [0.4, 0.5) is 0 Å². The molecule has 0 aromatic carbocycles. The van der Waals surface area contributed by atoms with Crippen LogP contribution in [0.25, 0.3) is 0 Å². The van der Waals surface area contributed by atoms with E-state index in [1.165, 1.54) is 25.7 Å². The highest BCUT2D eigenvalue weighted by atomic mass is 35.5. The zero-order valence-corrected chi connectivity index (χ0v) is 12.0. The van der Waals surface area contributed by atoms with E-state index in [0.29, 0.717) is 0 Å². The number of hydrogen-bond donors (Lipinski definition) is 0. The van der Waals surface area contributed by atoms with E-state index in [4.69, 9.17) is 11.6 Å². The van der Waals surface area contributed by atoms with Gasteiger partial charge in [-0.25, -0.2) is 0 Å². The Morgan fingerprint density at radius 3 is 2.00 bits per heavy atom. The van der Waals surface area contributed by atoms with Gasteiger partial charge in [0.15, 0.2) is 0 Å². The summed E-state index contributed by atoms with van der Waals surface area (Å²) in [7, 11) is 0. The van der Waals surface area contributed by atoms with Crippen molar-refractivity contribution in [1.29, 1.82) is 0 Å². The van der Waals surface area contributed by atoms with Gasteiger partial charge >= 0.3 is 0 Å². The van der Waals surface area contributed by atoms with Crippen LogP contribution in [0.5, 0.6) is 0 Å². The van der Waals surface area contributed by atoms with Crippen LogP contribution >= 0.6 is 11.6 Å². The molecule has 0 saturated carbocycles. The minimum Gasteiger partial charge on any atom is -0.127 e. The van der Waals surface area contributed by atoms with Crippen molar-refractivity contribution in [2.45, 2.75) is 58.3 Å². The van der Waals surface area contributed by atoms with Crippen LogP contribution in [0.2, 0.25) is 0 Å². The maximum atomic E-state index is 5.58. The van der Waals surface area contributed by atoms with Crippen molar-refractivity contribution in [2.24, 2.45) is 0 Å². The number of rotatable bonds is 11. The van der Waals surface area contributed by atoms with Crippen LogP contribution in [0.15, 0.2) is 36.5 Å². The van der Waals surface area contributed by atoms with Gasteiger partial charge in [0.05, 0.1) is 0 Å². The zero-order valence-electron chi connectivity index (χ0n) is 11.2. The molecule has 17 heavy (non-hydrogen) atoms. The van der Waals surface area contributed by atoms with E-state index in [1.54, 1.807) is 0 Å². The predicted octanol–water partition coefficient (Wildman–Crippen LogP) is 6.03. The van der Waals surface area contributed by atoms with Crippen LogP contribution in [-0.2, 0) is 0 Å². The standard InChI is InChI=1S/C16H27Cl/c1-2-3-4-5-6-7-8-9-10-11-12-13-14-15-16-17/h6-7,10-13H,2-5,8-9,14-16H2,1H3/b7-6+,11-10+,13-12+. The molecule has 0 atom stereocenters. The summed E-state index contributed by atoms with van der Waals surface area (Å²) in [6, 6.07) is 0. The quantitative estimate of drug-likeness (QED) is 0.183. The van der Waals surface area contributed by atoms with Crippen molar-refractivity contribution >= 4 is 11.6 Å². The molecule has 0 aliphatic heterocycles. The van der Waals surface area contributed by atoms with E-state index in [9.17, 15) is 0 Å². The summed E-state index contributed by atoms with van der Waals surface area (Å²) >= 11 is 5.58. The molecule has 0 heterocycles. The summed E-state index contributed by atoms with van der Waals surface area (Å²) < 4.78 is 0. The summed E-state index contributed by atoms with van der Waals surface area (Å²) in [6.45, 7) is 2.25. The van der Waals surface area contributed by atoms with Crippen molar-refractivity contribution < 1.29 is 0 Å². The van der Waals surface area contributed by atoms with Crippen molar-refractivity contribution in [2.75, 3.05) is 5.88 Å². The fourth-order valence-corrected chi connectivity index (χ4v) is 1.64. The van der Waals surface area contributed by atoms with Crippen LogP contribution in [-0.4, -0.2) is 5.88 Å². The fraction of sp³-hybridized carbons (Fsp3) is 0.625. The summed E-state index contributed by atoms with van der Waals surface area (Å²) in [4.78, 5) is 0. The normalized spacial score (nSPS) is 12.4. The van der Waals surface area contributed by atoms with Crippen molar-refractivity contribution in [1.82, 2.24) is 0 Å². The number of halogens is 1. The summed E-state index contributed by atoms with van der Waals surface area (Å²) in [5, 5.41) is 0. The number of alkyl halides is 1. The number of unbranched alkanes of at least 4 members (excludes halogenated alkanes) is 5. The second kappa shape index (κ2) is 15.5. The number of hydrogen-bond acceptors (Lipinski definition) is 0. The summed E-state index contributed by atoms with van der Waals surface area (Å²) in [5.74, 6) is 0.761. The van der Waals surface area contributed by atoms with Crippen LogP contribution in [0.3, 0.4) is 0 Å². The molecule has 0 aromatic heterocycles. The minimum atomic E-state index is 0.761. The maximum absolute atomic E-state index is 5.58. The van der Waals surface area contributed by atoms with Gasteiger partial charge in [0, 0.05) is 5.88 Å². The van der Waals surface area contributed by atoms with E-state index in [1.807, 2.05) is 0 Å². The second-order valence-corrected chi connectivity index (χ2v) is 4.61. The highest BCUT2D eigenvalue weighted by molar-refractivity contribution is 6.17. The Kier molecular flexibility index (Phi) is 15.1. The molecule has 0 amide bonds. The monoisotopic (exact) mass is 254 g/mol. The first-order valence-corrected chi connectivity index (χ1v) is 7.48. The molecule has 0 aliphatic rings. The third kappa shape index (κ3) is 15.5. The van der Waals surface area contributed by atoms with E-state index in [-0.39, 0.29) is 0 Å². The van der Waals surface area contributed by atoms with Crippen molar-refractivity contribution in [3.8, 4) is 0 Å². The maximum Gasteiger partial charge on any atom is 0.0226 e. The van der Waals surface area contributed by atoms with Gasteiger partial charge in [0.25, 0.3) is 0 Å². The minimum absolute atomic E-state index is 0.761. The molecule has 0 radical (unpaired) electrons. The van der Waals surface area contributed by atoms with Gasteiger partial charge in [-0.15, -0.1) is 11.6 Å². The number of allylic oxidation sites excluding steroid dienone is 6. The molecule has 0 rings (SSSR count). The van der Waals surface area contributed by atoms with Gasteiger partial charge < -0.3 is 0 Å². The lowest BCUT2D eigenvalue weighted by atomic mass is 10.2. The molecule has 0 bridgehead atoms. The average Bonchev–Trinajstić information content (AvgIpc) is 2.35. The Bertz CT molecular complexity index is 214. The lowest BCUT2D eigenvalue weighted by molar-refractivity contribution is 0.728. The zero-order chi connectivity index (χ0) is 12.6. The first kappa shape index (κ1) is 16.5. The third-order valence-corrected chi connectivity index (χ3v) is 2.80. The van der Waals surface area contributed by atoms with Crippen LogP contribution in [0, 0.1) is 0 Å². The van der Waals surface area contributed by atoms with Crippen molar-refractivity contribution in [3.05, 3.63) is 36.5 Å². The lowest BCUT2D eigenvalue weighted by Crippen LogP contribution is -1.71. The molecule has 1 heteroatoms. The van der Waals surface area contributed by atoms with Gasteiger partial charge in [-0.05, 0) is 38.5 Å². The Morgan fingerprint density at radius 1 is 0.706 bits per heavy atom. The Morgan fingerprint density at radius 2 is 1.29 bits per heavy atom. The van der Waals surface area contributed by atoms with Crippen LogP contribution < -0.4 is 0 Å². The third-order valence-electron chi connectivity index (χ3n) is 2.53. The van der Waals surface area contributed by atoms with Gasteiger partial charge in [-0.2, -0.15) is 0 Å². The molecule has 0 spiro atoms. The van der Waals surface area contributed by atoms with E-state index < -0.39 is 0 Å². The highest BCUT2D eigenvalue weighted by Crippen LogP contribution is 2.01. The average molecular weight is 255 g/mol. The largest absolute Gasteiger partial charge is 0.127 e. The summed E-state index contributed by atoms with van der Waals surface area (Å²) in [6.07, 6.45) is 23.0. The Hall–Kier alpha value is -0.490. The topological polar surface area (TPSA) is 0 Å². The molecule has 98 valence electrons. The SMILES string of the molecule is CCCCC/C=C/CC/C=C/C=C/CCCCl. The van der Waals surface area contributed by atoms with Gasteiger partial charge in [0.1, 0.15) is 0 Å². The molecular weight excluding hydrogens is 228 g/mol. The smallest absolute Gasteiger partial charge is 0.0226 e. The van der Waals surface area contributed by atoms with Gasteiger partial charge in [-0.3, -0.25) is 0 Å². The first-order chi connectivity index (χ1) is 8.41. The van der Waals surface area contributed by atoms with E-state index >= 15 is 0 Å². The predicted molar refractivity (Wildman–Crippen MR) is 80.8 cm³/mol. The molecule has 0 N–H and O–H groups in total. The van der Waals surface area contributed by atoms with Gasteiger partial charge in [-0.1, -0.05) is 56.2 Å². The first-order valence-electron chi connectivity index (χ1n) is 6.94. The molecule has 0 unspecified atom stereocenters. The molecular formula is C16H27Cl. The lowest BCUT2D eigenvalue weighted by Gasteiger charge is -1.91. The Labute approximate surface area is 112 Å². The van der Waals surface area contributed by atoms with E-state index in [0.717, 1.165) is 31.6 Å². The molecule has 0 aromatic rings. The van der Waals surface area contributed by atoms with E-state index in [2.05, 4.69) is 43.4 Å². The highest BCUT2D eigenvalue weighted by Gasteiger charge is 1.81. The Balaban J connectivity index is 3.26. The second-order valence-electron chi connectivity index (χ2n) is 4.23.